The number of anilines is 1. The lowest BCUT2D eigenvalue weighted by molar-refractivity contribution is -0.125. The van der Waals surface area contributed by atoms with Crippen LogP contribution in [0.2, 0.25) is 10.0 Å². The maximum atomic E-state index is 13.2. The van der Waals surface area contributed by atoms with E-state index in [4.69, 9.17) is 28.2 Å². The second-order valence-corrected chi connectivity index (χ2v) is 11.8. The number of fused-ring (bicyclic) bond motifs is 3. The van der Waals surface area contributed by atoms with Crippen molar-refractivity contribution < 1.29 is 4.79 Å². The summed E-state index contributed by atoms with van der Waals surface area (Å²) in [6.45, 7) is 6.23. The van der Waals surface area contributed by atoms with Crippen LogP contribution in [-0.2, 0) is 24.3 Å². The molecule has 38 heavy (non-hydrogen) atoms. The highest BCUT2D eigenvalue weighted by atomic mass is 35.5. The van der Waals surface area contributed by atoms with E-state index in [2.05, 4.69) is 29.7 Å². The largest absolute Gasteiger partial charge is 0.356 e. The van der Waals surface area contributed by atoms with Crippen molar-refractivity contribution in [1.82, 2.24) is 29.7 Å². The standard InChI is InChI=1S/C28H35Cl2N7O/c29-22-7-6-20(14-23(22)30)16-35-12-8-19(9-13-35)15-31-28(38)21-4-3-10-36(17-21)26-25-27(33-18-32-26)37-11-2-1-5-24(37)34-25/h6-7,14,18-19,21H,1-5,8-13,15-17H2,(H,31,38). The minimum absolute atomic E-state index is 0.0271. The fourth-order valence-corrected chi connectivity index (χ4v) is 6.52. The number of hydrogen-bond donors (Lipinski definition) is 1. The van der Waals surface area contributed by atoms with Crippen molar-refractivity contribution in [2.24, 2.45) is 11.8 Å². The van der Waals surface area contributed by atoms with Crippen LogP contribution in [-0.4, -0.2) is 63.0 Å². The Balaban J connectivity index is 1.01. The number of imidazole rings is 1. The second-order valence-electron chi connectivity index (χ2n) is 11.0. The summed E-state index contributed by atoms with van der Waals surface area (Å²) in [7, 11) is 0. The summed E-state index contributed by atoms with van der Waals surface area (Å²) in [5.74, 6) is 2.65. The predicted molar refractivity (Wildman–Crippen MR) is 151 cm³/mol. The van der Waals surface area contributed by atoms with Crippen LogP contribution in [0.4, 0.5) is 5.82 Å². The molecule has 3 aliphatic heterocycles. The van der Waals surface area contributed by atoms with Crippen molar-refractivity contribution in [3.63, 3.8) is 0 Å². The molecule has 0 bridgehead atoms. The van der Waals surface area contributed by atoms with Gasteiger partial charge in [-0.25, -0.2) is 15.0 Å². The van der Waals surface area contributed by atoms with E-state index in [1.807, 2.05) is 18.2 Å². The predicted octanol–water partition coefficient (Wildman–Crippen LogP) is 4.71. The third kappa shape index (κ3) is 5.49. The summed E-state index contributed by atoms with van der Waals surface area (Å²) in [6.07, 6.45) is 9.05. The van der Waals surface area contributed by atoms with E-state index in [0.29, 0.717) is 22.5 Å². The Morgan fingerprint density at radius 3 is 2.71 bits per heavy atom. The van der Waals surface area contributed by atoms with E-state index in [1.165, 1.54) is 18.4 Å². The minimum atomic E-state index is -0.0271. The maximum absolute atomic E-state index is 13.2. The molecule has 1 aromatic carbocycles. The Kier molecular flexibility index (Phi) is 7.73. The number of amides is 1. The van der Waals surface area contributed by atoms with Crippen LogP contribution >= 0.6 is 23.2 Å². The van der Waals surface area contributed by atoms with E-state index in [1.54, 1.807) is 6.33 Å². The SMILES string of the molecule is O=C(NCC1CCN(Cc2ccc(Cl)c(Cl)c2)CC1)C1CCCN(c2ncnc3c2nc2n3CCCC2)C1. The quantitative estimate of drug-likeness (QED) is 0.474. The summed E-state index contributed by atoms with van der Waals surface area (Å²) < 4.78 is 2.24. The van der Waals surface area contributed by atoms with Crippen molar-refractivity contribution >= 4 is 46.1 Å². The van der Waals surface area contributed by atoms with Gasteiger partial charge in [-0.2, -0.15) is 0 Å². The lowest BCUT2D eigenvalue weighted by atomic mass is 9.94. The fraction of sp³-hybridized carbons (Fsp3) is 0.571. The average molecular weight is 557 g/mol. The molecule has 0 aliphatic carbocycles. The molecule has 1 atom stereocenters. The highest BCUT2D eigenvalue weighted by Gasteiger charge is 2.30. The van der Waals surface area contributed by atoms with Crippen molar-refractivity contribution in [2.45, 2.75) is 58.0 Å². The van der Waals surface area contributed by atoms with Gasteiger partial charge >= 0.3 is 0 Å². The molecule has 2 saturated heterocycles. The number of piperidine rings is 2. The van der Waals surface area contributed by atoms with Crippen LogP contribution in [0.1, 0.15) is 49.9 Å². The van der Waals surface area contributed by atoms with Crippen LogP contribution in [0, 0.1) is 11.8 Å². The zero-order valence-corrected chi connectivity index (χ0v) is 23.2. The number of nitrogens with zero attached hydrogens (tertiary/aromatic N) is 6. The van der Waals surface area contributed by atoms with E-state index in [-0.39, 0.29) is 11.8 Å². The van der Waals surface area contributed by atoms with Crippen molar-refractivity contribution in [3.05, 3.63) is 46.0 Å². The van der Waals surface area contributed by atoms with Gasteiger partial charge in [0.15, 0.2) is 17.0 Å². The fourth-order valence-electron chi connectivity index (χ4n) is 6.20. The van der Waals surface area contributed by atoms with Gasteiger partial charge in [-0.1, -0.05) is 29.3 Å². The average Bonchev–Trinajstić information content (AvgIpc) is 3.33. The Bertz CT molecular complexity index is 1300. The van der Waals surface area contributed by atoms with Crippen LogP contribution in [0.5, 0.6) is 0 Å². The lowest BCUT2D eigenvalue weighted by Crippen LogP contribution is -2.45. The Morgan fingerprint density at radius 1 is 1.00 bits per heavy atom. The molecule has 1 amide bonds. The molecule has 202 valence electrons. The topological polar surface area (TPSA) is 79.2 Å². The van der Waals surface area contributed by atoms with Gasteiger partial charge in [0, 0.05) is 39.1 Å². The Labute approximate surface area is 233 Å². The highest BCUT2D eigenvalue weighted by Crippen LogP contribution is 2.30. The minimum Gasteiger partial charge on any atom is -0.356 e. The normalized spacial score (nSPS) is 21.0. The molecule has 3 aliphatic rings. The molecule has 0 spiro atoms. The van der Waals surface area contributed by atoms with E-state index in [0.717, 1.165) is 94.2 Å². The number of aromatic nitrogens is 4. The number of likely N-dealkylation sites (tertiary alicyclic amines) is 1. The summed E-state index contributed by atoms with van der Waals surface area (Å²) in [5.41, 5.74) is 3.00. The molecule has 10 heteroatoms. The first-order valence-electron chi connectivity index (χ1n) is 13.9. The van der Waals surface area contributed by atoms with E-state index < -0.39 is 0 Å². The van der Waals surface area contributed by atoms with Gasteiger partial charge in [0.2, 0.25) is 5.91 Å². The smallest absolute Gasteiger partial charge is 0.224 e. The molecule has 8 nitrogen and oxygen atoms in total. The third-order valence-electron chi connectivity index (χ3n) is 8.38. The second kappa shape index (κ2) is 11.4. The van der Waals surface area contributed by atoms with Gasteiger partial charge in [-0.3, -0.25) is 9.69 Å². The van der Waals surface area contributed by atoms with E-state index in [9.17, 15) is 4.79 Å². The number of aryl methyl sites for hydroxylation is 2. The van der Waals surface area contributed by atoms with Gasteiger partial charge in [0.1, 0.15) is 12.2 Å². The summed E-state index contributed by atoms with van der Waals surface area (Å²) in [6, 6.07) is 5.86. The van der Waals surface area contributed by atoms with Crippen LogP contribution in [0.15, 0.2) is 24.5 Å². The number of nitrogens with one attached hydrogen (secondary N) is 1. The molecule has 0 radical (unpaired) electrons. The first-order chi connectivity index (χ1) is 18.5. The first-order valence-corrected chi connectivity index (χ1v) is 14.7. The van der Waals surface area contributed by atoms with Gasteiger partial charge < -0.3 is 14.8 Å². The molecular formula is C28H35Cl2N7O. The van der Waals surface area contributed by atoms with Crippen LogP contribution in [0.25, 0.3) is 11.2 Å². The molecule has 3 aromatic rings. The molecular weight excluding hydrogens is 521 g/mol. The zero-order chi connectivity index (χ0) is 26.1. The molecule has 1 unspecified atom stereocenters. The third-order valence-corrected chi connectivity index (χ3v) is 9.12. The molecule has 0 saturated carbocycles. The Hall–Kier alpha value is -2.42. The Morgan fingerprint density at radius 2 is 1.87 bits per heavy atom. The number of hydrogen-bond acceptors (Lipinski definition) is 6. The maximum Gasteiger partial charge on any atom is 0.224 e. The summed E-state index contributed by atoms with van der Waals surface area (Å²) in [5, 5.41) is 4.48. The van der Waals surface area contributed by atoms with Crippen molar-refractivity contribution in [2.75, 3.05) is 37.6 Å². The number of halogens is 2. The molecule has 2 fully saturated rings. The first kappa shape index (κ1) is 25.8. The number of rotatable bonds is 6. The van der Waals surface area contributed by atoms with Crippen LogP contribution < -0.4 is 10.2 Å². The monoisotopic (exact) mass is 555 g/mol. The lowest BCUT2D eigenvalue weighted by Gasteiger charge is -2.34. The highest BCUT2D eigenvalue weighted by molar-refractivity contribution is 6.42. The molecule has 2 aromatic heterocycles. The summed E-state index contributed by atoms with van der Waals surface area (Å²) >= 11 is 12.2. The molecule has 1 N–H and O–H groups in total. The number of carbonyl (C=O) groups excluding carboxylic acids is 1. The van der Waals surface area contributed by atoms with Gasteiger partial charge in [0.25, 0.3) is 0 Å². The van der Waals surface area contributed by atoms with Gasteiger partial charge in [0.05, 0.1) is 16.0 Å². The van der Waals surface area contributed by atoms with Crippen molar-refractivity contribution in [1.29, 1.82) is 0 Å². The van der Waals surface area contributed by atoms with Gasteiger partial charge in [-0.05, 0) is 75.2 Å². The van der Waals surface area contributed by atoms with Crippen LogP contribution in [0.3, 0.4) is 0 Å². The molecule has 5 heterocycles. The number of benzene rings is 1. The molecule has 6 rings (SSSR count). The van der Waals surface area contributed by atoms with E-state index >= 15 is 0 Å². The van der Waals surface area contributed by atoms with Gasteiger partial charge in [-0.15, -0.1) is 0 Å². The van der Waals surface area contributed by atoms with Crippen molar-refractivity contribution in [3.8, 4) is 0 Å². The zero-order valence-electron chi connectivity index (χ0n) is 21.7. The number of carbonyl (C=O) groups is 1. The summed E-state index contributed by atoms with van der Waals surface area (Å²) in [4.78, 5) is 32.0.